The van der Waals surface area contributed by atoms with Crippen LogP contribution in [0.25, 0.3) is 0 Å². The zero-order valence-electron chi connectivity index (χ0n) is 24.1. The van der Waals surface area contributed by atoms with E-state index in [9.17, 15) is 14.4 Å². The third-order valence-corrected chi connectivity index (χ3v) is 7.07. The molecule has 0 saturated carbocycles. The number of aromatic amines is 1. The van der Waals surface area contributed by atoms with E-state index < -0.39 is 0 Å². The monoisotopic (exact) mass is 537 g/mol. The lowest BCUT2D eigenvalue weighted by Gasteiger charge is -2.32. The highest BCUT2D eigenvalue weighted by atomic mass is 16.2. The number of hydrogen-bond donors (Lipinski definition) is 4. The Morgan fingerprint density at radius 2 is 1.92 bits per heavy atom. The molecule has 212 valence electrons. The normalized spacial score (nSPS) is 14.1. The molecule has 2 aromatic heterocycles. The third kappa shape index (κ3) is 7.98. The van der Waals surface area contributed by atoms with Gasteiger partial charge in [-0.05, 0) is 85.3 Å². The van der Waals surface area contributed by atoms with Crippen LogP contribution < -0.4 is 16.2 Å². The van der Waals surface area contributed by atoms with Crippen LogP contribution >= 0.6 is 0 Å². The van der Waals surface area contributed by atoms with Crippen LogP contribution in [0.5, 0.6) is 0 Å². The SMILES string of the molecule is Cc1cc(C)c(CNC(=O)c2cc(C3CCN(C(=O)CCCN(C)C)CC3)nc(NC(C)C)c2C=N)c(=O)[nH]1. The molecule has 39 heavy (non-hydrogen) atoms. The summed E-state index contributed by atoms with van der Waals surface area (Å²) < 4.78 is 0. The molecule has 0 aliphatic carbocycles. The van der Waals surface area contributed by atoms with E-state index in [1.807, 2.05) is 52.8 Å². The number of rotatable bonds is 11. The van der Waals surface area contributed by atoms with Crippen LogP contribution in [-0.4, -0.2) is 77.6 Å². The maximum Gasteiger partial charge on any atom is 0.253 e. The standard InChI is InChI=1S/C29H43N7O3/c1-18(2)32-27-23(16-30)22(28(38)31-17-24-19(3)14-20(4)33-29(24)39)15-25(34-27)21-9-12-36(13-10-21)26(37)8-7-11-35(5)6/h14-16,18,21,30H,7-13,17H2,1-6H3,(H,31,38)(H,32,34)(H,33,39). The van der Waals surface area contributed by atoms with Crippen LogP contribution in [0.4, 0.5) is 5.82 Å². The Morgan fingerprint density at radius 3 is 2.51 bits per heavy atom. The lowest BCUT2D eigenvalue weighted by Crippen LogP contribution is -2.38. The summed E-state index contributed by atoms with van der Waals surface area (Å²) in [6, 6.07) is 3.70. The maximum atomic E-state index is 13.4. The number of nitrogens with zero attached hydrogens (tertiary/aromatic N) is 3. The molecule has 0 bridgehead atoms. The molecule has 0 spiro atoms. The second-order valence-electron chi connectivity index (χ2n) is 11.0. The summed E-state index contributed by atoms with van der Waals surface area (Å²) >= 11 is 0. The number of aromatic nitrogens is 2. The Kier molecular flexibility index (Phi) is 10.4. The molecule has 0 unspecified atom stereocenters. The van der Waals surface area contributed by atoms with Crippen molar-refractivity contribution in [3.8, 4) is 0 Å². The quantitative estimate of drug-likeness (QED) is 0.325. The molecular formula is C29H43N7O3. The van der Waals surface area contributed by atoms with Gasteiger partial charge in [0.15, 0.2) is 0 Å². The molecule has 4 N–H and O–H groups in total. The second-order valence-corrected chi connectivity index (χ2v) is 11.0. The van der Waals surface area contributed by atoms with Gasteiger partial charge in [-0.25, -0.2) is 4.98 Å². The number of likely N-dealkylation sites (tertiary alicyclic amines) is 1. The van der Waals surface area contributed by atoms with Crippen molar-refractivity contribution in [2.75, 3.05) is 39.0 Å². The van der Waals surface area contributed by atoms with E-state index in [1.165, 1.54) is 0 Å². The Bertz CT molecular complexity index is 1240. The Balaban J connectivity index is 1.80. The fraction of sp³-hybridized carbons (Fsp3) is 0.552. The summed E-state index contributed by atoms with van der Waals surface area (Å²) in [5.41, 5.74) is 3.39. The van der Waals surface area contributed by atoms with Crippen molar-refractivity contribution in [3.63, 3.8) is 0 Å². The molecular weight excluding hydrogens is 494 g/mol. The highest BCUT2D eigenvalue weighted by molar-refractivity contribution is 6.04. The van der Waals surface area contributed by atoms with Crippen LogP contribution in [0, 0.1) is 19.3 Å². The summed E-state index contributed by atoms with van der Waals surface area (Å²) in [6.45, 7) is 9.91. The average Bonchev–Trinajstić information content (AvgIpc) is 2.87. The van der Waals surface area contributed by atoms with E-state index in [1.54, 1.807) is 6.07 Å². The number of anilines is 1. The van der Waals surface area contributed by atoms with Crippen molar-refractivity contribution >= 4 is 23.8 Å². The number of hydrogen-bond acceptors (Lipinski definition) is 7. The van der Waals surface area contributed by atoms with Gasteiger partial charge in [0.05, 0.1) is 5.56 Å². The van der Waals surface area contributed by atoms with Gasteiger partial charge in [-0.15, -0.1) is 0 Å². The van der Waals surface area contributed by atoms with Crippen molar-refractivity contribution < 1.29 is 9.59 Å². The second kappa shape index (κ2) is 13.5. The minimum absolute atomic E-state index is 0.0535. The van der Waals surface area contributed by atoms with Crippen molar-refractivity contribution in [2.24, 2.45) is 0 Å². The van der Waals surface area contributed by atoms with Gasteiger partial charge in [0.1, 0.15) is 5.82 Å². The van der Waals surface area contributed by atoms with Gasteiger partial charge in [0.2, 0.25) is 5.91 Å². The van der Waals surface area contributed by atoms with Gasteiger partial charge >= 0.3 is 0 Å². The van der Waals surface area contributed by atoms with Gasteiger partial charge in [-0.2, -0.15) is 0 Å². The van der Waals surface area contributed by atoms with Crippen molar-refractivity contribution in [1.29, 1.82) is 5.41 Å². The topological polar surface area (TPSA) is 134 Å². The molecule has 10 heteroatoms. The molecule has 0 aromatic carbocycles. The highest BCUT2D eigenvalue weighted by Crippen LogP contribution is 2.31. The molecule has 3 heterocycles. The molecule has 0 atom stereocenters. The minimum Gasteiger partial charge on any atom is -0.367 e. The average molecular weight is 538 g/mol. The lowest BCUT2D eigenvalue weighted by atomic mass is 9.91. The van der Waals surface area contributed by atoms with Gasteiger partial charge in [-0.3, -0.25) is 14.4 Å². The number of nitrogens with one attached hydrogen (secondary N) is 4. The number of carbonyl (C=O) groups is 2. The number of aryl methyl sites for hydroxylation is 2. The molecule has 10 nitrogen and oxygen atoms in total. The zero-order chi connectivity index (χ0) is 28.7. The first-order valence-electron chi connectivity index (χ1n) is 13.7. The summed E-state index contributed by atoms with van der Waals surface area (Å²) in [6.07, 6.45) is 4.06. The summed E-state index contributed by atoms with van der Waals surface area (Å²) in [5, 5.41) is 14.2. The first-order valence-corrected chi connectivity index (χ1v) is 13.7. The fourth-order valence-corrected chi connectivity index (χ4v) is 5.00. The van der Waals surface area contributed by atoms with Gasteiger partial charge in [0, 0.05) is 66.7 Å². The number of piperidine rings is 1. The Morgan fingerprint density at radius 1 is 1.23 bits per heavy atom. The molecule has 1 fully saturated rings. The molecule has 1 saturated heterocycles. The van der Waals surface area contributed by atoms with Crippen LogP contribution in [0.3, 0.4) is 0 Å². The van der Waals surface area contributed by atoms with Crippen LogP contribution in [-0.2, 0) is 11.3 Å². The molecule has 1 aliphatic heterocycles. The minimum atomic E-state index is -0.364. The fourth-order valence-electron chi connectivity index (χ4n) is 5.00. The first kappa shape index (κ1) is 30.0. The van der Waals surface area contributed by atoms with Crippen LogP contribution in [0.15, 0.2) is 16.9 Å². The van der Waals surface area contributed by atoms with Gasteiger partial charge in [0.25, 0.3) is 11.5 Å². The van der Waals surface area contributed by atoms with E-state index >= 15 is 0 Å². The predicted octanol–water partition coefficient (Wildman–Crippen LogP) is 3.18. The van der Waals surface area contributed by atoms with Gasteiger partial charge in [-0.1, -0.05) is 0 Å². The van der Waals surface area contributed by atoms with Gasteiger partial charge < -0.3 is 30.8 Å². The van der Waals surface area contributed by atoms with Crippen molar-refractivity contribution in [1.82, 2.24) is 25.1 Å². The number of H-pyrrole nitrogens is 1. The number of pyridine rings is 2. The van der Waals surface area contributed by atoms with Crippen molar-refractivity contribution in [2.45, 2.75) is 71.9 Å². The largest absolute Gasteiger partial charge is 0.367 e. The number of carbonyl (C=O) groups excluding carboxylic acids is 2. The smallest absolute Gasteiger partial charge is 0.253 e. The van der Waals surface area contributed by atoms with Crippen LogP contribution in [0.1, 0.15) is 83.9 Å². The van der Waals surface area contributed by atoms with E-state index in [4.69, 9.17) is 10.4 Å². The first-order chi connectivity index (χ1) is 18.5. The van der Waals surface area contributed by atoms with E-state index in [-0.39, 0.29) is 35.9 Å². The van der Waals surface area contributed by atoms with Crippen LogP contribution in [0.2, 0.25) is 0 Å². The molecule has 2 amide bonds. The summed E-state index contributed by atoms with van der Waals surface area (Å²) in [5.74, 6) is 0.411. The predicted molar refractivity (Wildman–Crippen MR) is 155 cm³/mol. The van der Waals surface area contributed by atoms with E-state index in [0.717, 1.165) is 49.0 Å². The molecule has 2 aromatic rings. The molecule has 1 aliphatic rings. The summed E-state index contributed by atoms with van der Waals surface area (Å²) in [4.78, 5) is 50.1. The maximum absolute atomic E-state index is 13.4. The highest BCUT2D eigenvalue weighted by Gasteiger charge is 2.27. The van der Waals surface area contributed by atoms with E-state index in [2.05, 4.69) is 20.5 Å². The Hall–Kier alpha value is -3.53. The Labute approximate surface area is 231 Å². The third-order valence-electron chi connectivity index (χ3n) is 7.07. The lowest BCUT2D eigenvalue weighted by molar-refractivity contribution is -0.132. The summed E-state index contributed by atoms with van der Waals surface area (Å²) in [7, 11) is 4.01. The van der Waals surface area contributed by atoms with E-state index in [0.29, 0.717) is 42.0 Å². The zero-order valence-corrected chi connectivity index (χ0v) is 24.1. The molecule has 0 radical (unpaired) electrons. The van der Waals surface area contributed by atoms with Crippen molar-refractivity contribution in [3.05, 3.63) is 56.1 Å². The number of amides is 2. The molecule has 3 rings (SSSR count).